The number of rotatable bonds is 8. The Bertz CT molecular complexity index is 890. The van der Waals surface area contributed by atoms with Gasteiger partial charge in [-0.15, -0.1) is 0 Å². The highest BCUT2D eigenvalue weighted by atomic mass is 16.5. The first-order chi connectivity index (χ1) is 16.6. The second kappa shape index (κ2) is 8.52. The third kappa shape index (κ3) is 3.61. The summed E-state index contributed by atoms with van der Waals surface area (Å²) >= 11 is 0. The molecule has 34 heavy (non-hydrogen) atoms. The van der Waals surface area contributed by atoms with E-state index in [0.29, 0.717) is 36.9 Å². The standard InChI is InChI=1S/C30H40O4/c31-29(26-13-17-1-3-20(26)11-17)33-9-7-19-5-6-24-25-16-23(28(19)24)15-22(25)8-10-34-30(32)27-14-18-2-4-21(27)12-18/h1-4,17-28H,5-16H2/t17?,18?,19?,20-,21?,22?,23?,24?,25?,26?,27?,28?/m0/s1. The van der Waals surface area contributed by atoms with Gasteiger partial charge in [0.05, 0.1) is 25.0 Å². The van der Waals surface area contributed by atoms with Crippen molar-refractivity contribution in [2.24, 2.45) is 71.0 Å². The average Bonchev–Trinajstić information content (AvgIpc) is 3.67. The van der Waals surface area contributed by atoms with Crippen LogP contribution in [0.15, 0.2) is 24.3 Å². The van der Waals surface area contributed by atoms with Gasteiger partial charge in [-0.2, -0.15) is 0 Å². The molecule has 0 amide bonds. The fourth-order valence-electron chi connectivity index (χ4n) is 10.0. The Kier molecular flexibility index (Phi) is 5.43. The maximum absolute atomic E-state index is 12.6. The molecule has 0 aromatic rings. The van der Waals surface area contributed by atoms with Crippen molar-refractivity contribution in [1.29, 1.82) is 0 Å². The van der Waals surface area contributed by atoms with Gasteiger partial charge in [0.2, 0.25) is 0 Å². The highest BCUT2D eigenvalue weighted by Gasteiger charge is 2.56. The lowest BCUT2D eigenvalue weighted by Crippen LogP contribution is -2.29. The first-order valence-corrected chi connectivity index (χ1v) is 14.3. The summed E-state index contributed by atoms with van der Waals surface area (Å²) in [5, 5.41) is 0. The van der Waals surface area contributed by atoms with Crippen LogP contribution < -0.4 is 0 Å². The number of allylic oxidation sites excluding steroid dienone is 4. The van der Waals surface area contributed by atoms with E-state index in [-0.39, 0.29) is 23.8 Å². The van der Waals surface area contributed by atoms with Crippen LogP contribution in [0.1, 0.15) is 64.2 Å². The topological polar surface area (TPSA) is 52.6 Å². The largest absolute Gasteiger partial charge is 0.465 e. The molecule has 0 aliphatic heterocycles. The molecule has 184 valence electrons. The van der Waals surface area contributed by atoms with Crippen LogP contribution in [0.3, 0.4) is 0 Å². The van der Waals surface area contributed by atoms with Crippen LogP contribution in [0.5, 0.6) is 0 Å². The summed E-state index contributed by atoms with van der Waals surface area (Å²) in [6.45, 7) is 1.25. The smallest absolute Gasteiger partial charge is 0.309 e. The van der Waals surface area contributed by atoms with Gasteiger partial charge in [0.15, 0.2) is 0 Å². The number of hydrogen-bond donors (Lipinski definition) is 0. The normalized spacial score (nSPS) is 48.7. The minimum absolute atomic E-state index is 0.0646. The van der Waals surface area contributed by atoms with Crippen molar-refractivity contribution in [2.45, 2.75) is 64.2 Å². The molecule has 0 aromatic heterocycles. The lowest BCUT2D eigenvalue weighted by Gasteiger charge is -2.34. The molecule has 6 bridgehead atoms. The summed E-state index contributed by atoms with van der Waals surface area (Å²) in [4.78, 5) is 25.2. The molecule has 4 nitrogen and oxygen atoms in total. The maximum atomic E-state index is 12.6. The molecule has 7 aliphatic carbocycles. The molecule has 7 aliphatic rings. The fraction of sp³-hybridized carbons (Fsp3) is 0.800. The highest BCUT2D eigenvalue weighted by Crippen LogP contribution is 2.64. The second-order valence-corrected chi connectivity index (χ2v) is 12.9. The van der Waals surface area contributed by atoms with E-state index in [1.165, 1.54) is 25.7 Å². The Balaban J connectivity index is 0.852. The first kappa shape index (κ1) is 21.7. The summed E-state index contributed by atoms with van der Waals surface area (Å²) in [6, 6.07) is 0. The van der Waals surface area contributed by atoms with Crippen molar-refractivity contribution >= 4 is 11.9 Å². The molecule has 5 saturated carbocycles. The Morgan fingerprint density at radius 3 is 1.82 bits per heavy atom. The molecular formula is C30H40O4. The highest BCUT2D eigenvalue weighted by molar-refractivity contribution is 5.74. The molecule has 5 fully saturated rings. The van der Waals surface area contributed by atoms with Crippen molar-refractivity contribution in [3.05, 3.63) is 24.3 Å². The van der Waals surface area contributed by atoms with Crippen LogP contribution in [0.2, 0.25) is 0 Å². The van der Waals surface area contributed by atoms with Crippen LogP contribution in [-0.4, -0.2) is 25.2 Å². The van der Waals surface area contributed by atoms with Gasteiger partial charge in [-0.3, -0.25) is 9.59 Å². The van der Waals surface area contributed by atoms with E-state index in [1.807, 2.05) is 0 Å². The molecule has 0 spiro atoms. The molecule has 0 saturated heterocycles. The molecule has 0 heterocycles. The molecule has 7 rings (SSSR count). The lowest BCUT2D eigenvalue weighted by molar-refractivity contribution is -0.150. The van der Waals surface area contributed by atoms with Crippen LogP contribution >= 0.6 is 0 Å². The van der Waals surface area contributed by atoms with Crippen LogP contribution in [0.25, 0.3) is 0 Å². The zero-order valence-corrected chi connectivity index (χ0v) is 20.4. The zero-order chi connectivity index (χ0) is 22.8. The summed E-state index contributed by atoms with van der Waals surface area (Å²) in [5.41, 5.74) is 0. The first-order valence-electron chi connectivity index (χ1n) is 14.3. The molecule has 12 atom stereocenters. The summed E-state index contributed by atoms with van der Waals surface area (Å²) in [6.07, 6.45) is 20.9. The number of hydrogen-bond acceptors (Lipinski definition) is 4. The van der Waals surface area contributed by atoms with Gasteiger partial charge < -0.3 is 9.47 Å². The summed E-state index contributed by atoms with van der Waals surface area (Å²) in [5.74, 6) is 7.44. The number of carbonyl (C=O) groups is 2. The second-order valence-electron chi connectivity index (χ2n) is 12.9. The molecule has 4 heteroatoms. The molecule has 11 unspecified atom stereocenters. The maximum Gasteiger partial charge on any atom is 0.309 e. The zero-order valence-electron chi connectivity index (χ0n) is 20.4. The predicted molar refractivity (Wildman–Crippen MR) is 128 cm³/mol. The average molecular weight is 465 g/mol. The molecular weight excluding hydrogens is 424 g/mol. The predicted octanol–water partition coefficient (Wildman–Crippen LogP) is 5.58. The van der Waals surface area contributed by atoms with Gasteiger partial charge in [0.1, 0.15) is 0 Å². The van der Waals surface area contributed by atoms with E-state index in [2.05, 4.69) is 24.3 Å². The Morgan fingerprint density at radius 1 is 0.647 bits per heavy atom. The fourth-order valence-corrected chi connectivity index (χ4v) is 10.0. The molecule has 0 radical (unpaired) electrons. The SMILES string of the molecule is O=C(OCCC1CC2CC1C1CCC(CCOC(=O)C3CC4C=C[C@H]3C4)C21)C1CC2C=CC1C2. The quantitative estimate of drug-likeness (QED) is 0.348. The number of esters is 2. The van der Waals surface area contributed by atoms with Crippen LogP contribution in [0, 0.1) is 71.0 Å². The van der Waals surface area contributed by atoms with E-state index in [0.717, 1.165) is 74.0 Å². The minimum Gasteiger partial charge on any atom is -0.465 e. The van der Waals surface area contributed by atoms with Gasteiger partial charge in [-0.1, -0.05) is 24.3 Å². The number of ether oxygens (including phenoxy) is 2. The third-order valence-electron chi connectivity index (χ3n) is 11.4. The van der Waals surface area contributed by atoms with Gasteiger partial charge in [0, 0.05) is 0 Å². The lowest BCUT2D eigenvalue weighted by atomic mass is 9.72. The van der Waals surface area contributed by atoms with Gasteiger partial charge >= 0.3 is 11.9 Å². The number of carbonyl (C=O) groups excluding carboxylic acids is 2. The van der Waals surface area contributed by atoms with E-state index < -0.39 is 0 Å². The Labute approximate surface area is 203 Å². The van der Waals surface area contributed by atoms with Gasteiger partial charge in [-0.05, 0) is 123 Å². The van der Waals surface area contributed by atoms with Crippen molar-refractivity contribution in [1.82, 2.24) is 0 Å². The number of fused-ring (bicyclic) bond motifs is 9. The molecule has 0 aromatic carbocycles. The van der Waals surface area contributed by atoms with E-state index >= 15 is 0 Å². The summed E-state index contributed by atoms with van der Waals surface area (Å²) < 4.78 is 11.6. The van der Waals surface area contributed by atoms with Gasteiger partial charge in [-0.25, -0.2) is 0 Å². The van der Waals surface area contributed by atoms with E-state index in [9.17, 15) is 9.59 Å². The van der Waals surface area contributed by atoms with Crippen molar-refractivity contribution in [3.8, 4) is 0 Å². The van der Waals surface area contributed by atoms with Crippen molar-refractivity contribution < 1.29 is 19.1 Å². The summed E-state index contributed by atoms with van der Waals surface area (Å²) in [7, 11) is 0. The Morgan fingerprint density at radius 2 is 1.26 bits per heavy atom. The Hall–Kier alpha value is -1.58. The van der Waals surface area contributed by atoms with Gasteiger partial charge in [0.25, 0.3) is 0 Å². The third-order valence-corrected chi connectivity index (χ3v) is 11.4. The monoisotopic (exact) mass is 464 g/mol. The van der Waals surface area contributed by atoms with E-state index in [4.69, 9.17) is 9.47 Å². The minimum atomic E-state index is 0.0646. The molecule has 0 N–H and O–H groups in total. The van der Waals surface area contributed by atoms with Crippen LogP contribution in [-0.2, 0) is 19.1 Å². The van der Waals surface area contributed by atoms with Crippen molar-refractivity contribution in [3.63, 3.8) is 0 Å². The van der Waals surface area contributed by atoms with E-state index in [1.54, 1.807) is 0 Å². The van der Waals surface area contributed by atoms with Crippen LogP contribution in [0.4, 0.5) is 0 Å². The van der Waals surface area contributed by atoms with Crippen molar-refractivity contribution in [2.75, 3.05) is 13.2 Å².